The normalized spacial score (nSPS) is 30.6. The van der Waals surface area contributed by atoms with Crippen molar-refractivity contribution >= 4 is 5.91 Å². The molecule has 3 N–H and O–H groups in total. The zero-order chi connectivity index (χ0) is 15.7. The van der Waals surface area contributed by atoms with Crippen molar-refractivity contribution in [3.05, 3.63) is 18.2 Å². The van der Waals surface area contributed by atoms with E-state index < -0.39 is 0 Å². The first-order chi connectivity index (χ1) is 10.5. The highest BCUT2D eigenvalue weighted by Crippen LogP contribution is 2.38. The molecule has 0 saturated heterocycles. The van der Waals surface area contributed by atoms with E-state index in [2.05, 4.69) is 28.7 Å². The van der Waals surface area contributed by atoms with Crippen LogP contribution in [-0.2, 0) is 17.8 Å². The molecule has 22 heavy (non-hydrogen) atoms. The smallest absolute Gasteiger partial charge is 0.223 e. The van der Waals surface area contributed by atoms with Crippen LogP contribution in [0, 0.1) is 17.3 Å². The molecule has 1 amide bonds. The van der Waals surface area contributed by atoms with Gasteiger partial charge in [0.15, 0.2) is 0 Å². The van der Waals surface area contributed by atoms with Crippen LogP contribution >= 0.6 is 0 Å². The number of aryl methyl sites for hydroxylation is 1. The number of rotatable bonds is 3. The number of carbonyl (C=O) groups is 1. The van der Waals surface area contributed by atoms with Gasteiger partial charge in [0.1, 0.15) is 0 Å². The summed E-state index contributed by atoms with van der Waals surface area (Å²) < 4.78 is 2.15. The third kappa shape index (κ3) is 3.19. The summed E-state index contributed by atoms with van der Waals surface area (Å²) in [6.45, 7) is 6.16. The van der Waals surface area contributed by atoms with Crippen molar-refractivity contribution < 1.29 is 4.79 Å². The predicted octanol–water partition coefficient (Wildman–Crippen LogP) is 1.72. The number of imidazole rings is 1. The van der Waals surface area contributed by atoms with Crippen LogP contribution in [0.2, 0.25) is 0 Å². The first-order valence-corrected chi connectivity index (χ1v) is 8.48. The van der Waals surface area contributed by atoms with Crippen molar-refractivity contribution in [3.63, 3.8) is 0 Å². The molecule has 1 aromatic heterocycles. The molecule has 2 heterocycles. The van der Waals surface area contributed by atoms with E-state index >= 15 is 0 Å². The third-order valence-electron chi connectivity index (χ3n) is 5.49. The number of amides is 1. The number of nitrogens with zero attached hydrogens (tertiary/aromatic N) is 2. The van der Waals surface area contributed by atoms with Gasteiger partial charge < -0.3 is 15.6 Å². The molecule has 122 valence electrons. The van der Waals surface area contributed by atoms with Crippen LogP contribution in [0.1, 0.15) is 45.2 Å². The standard InChI is InChI=1S/C17H28N4O/c1-17(2)5-3-15(13(8-17)9-18)20-16(22)12-4-6-21-11-19-10-14(21)7-12/h10-13,15H,3-9,18H2,1-2H3,(H,20,22). The lowest BCUT2D eigenvalue weighted by atomic mass is 9.70. The second-order valence-electron chi connectivity index (χ2n) is 7.79. The van der Waals surface area contributed by atoms with Crippen LogP contribution in [0.5, 0.6) is 0 Å². The fraction of sp³-hybridized carbons (Fsp3) is 0.765. The number of hydrogen-bond donors (Lipinski definition) is 2. The zero-order valence-electron chi connectivity index (χ0n) is 13.7. The fourth-order valence-electron chi connectivity index (χ4n) is 4.07. The maximum Gasteiger partial charge on any atom is 0.223 e. The van der Waals surface area contributed by atoms with Gasteiger partial charge in [-0.05, 0) is 43.6 Å². The second kappa shape index (κ2) is 6.03. The summed E-state index contributed by atoms with van der Waals surface area (Å²) in [5.74, 6) is 0.690. The minimum atomic E-state index is 0.0811. The highest BCUT2D eigenvalue weighted by molar-refractivity contribution is 5.79. The quantitative estimate of drug-likeness (QED) is 0.893. The van der Waals surface area contributed by atoms with Gasteiger partial charge in [0.05, 0.1) is 6.33 Å². The predicted molar refractivity (Wildman–Crippen MR) is 86.1 cm³/mol. The van der Waals surface area contributed by atoms with Gasteiger partial charge in [-0.25, -0.2) is 4.98 Å². The Labute approximate surface area is 132 Å². The van der Waals surface area contributed by atoms with E-state index in [1.54, 1.807) is 0 Å². The molecule has 3 unspecified atom stereocenters. The molecule has 0 bridgehead atoms. The first kappa shape index (κ1) is 15.5. The van der Waals surface area contributed by atoms with Gasteiger partial charge in [-0.3, -0.25) is 4.79 Å². The number of carbonyl (C=O) groups excluding carboxylic acids is 1. The molecule has 1 aliphatic heterocycles. The number of aromatic nitrogens is 2. The topological polar surface area (TPSA) is 72.9 Å². The number of fused-ring (bicyclic) bond motifs is 1. The van der Waals surface area contributed by atoms with E-state index in [9.17, 15) is 4.79 Å². The van der Waals surface area contributed by atoms with Gasteiger partial charge in [0.25, 0.3) is 0 Å². The van der Waals surface area contributed by atoms with Gasteiger partial charge in [0.2, 0.25) is 5.91 Å². The molecule has 1 aliphatic carbocycles. The Morgan fingerprint density at radius 1 is 1.50 bits per heavy atom. The Hall–Kier alpha value is -1.36. The molecule has 0 aromatic carbocycles. The summed E-state index contributed by atoms with van der Waals surface area (Å²) >= 11 is 0. The molecule has 0 spiro atoms. The maximum atomic E-state index is 12.6. The molecule has 1 aromatic rings. The summed E-state index contributed by atoms with van der Waals surface area (Å²) in [5, 5.41) is 3.30. The SMILES string of the molecule is CC1(C)CCC(NC(=O)C2CCn3cncc3C2)C(CN)C1. The van der Waals surface area contributed by atoms with E-state index in [0.717, 1.165) is 38.6 Å². The Bertz CT molecular complexity index is 537. The summed E-state index contributed by atoms with van der Waals surface area (Å²) in [4.78, 5) is 16.8. The lowest BCUT2D eigenvalue weighted by Gasteiger charge is -2.41. The second-order valence-corrected chi connectivity index (χ2v) is 7.79. The molecule has 5 nitrogen and oxygen atoms in total. The van der Waals surface area contributed by atoms with E-state index in [0.29, 0.717) is 17.9 Å². The van der Waals surface area contributed by atoms with Crippen LogP contribution in [0.3, 0.4) is 0 Å². The van der Waals surface area contributed by atoms with Crippen molar-refractivity contribution in [1.29, 1.82) is 0 Å². The molecule has 3 atom stereocenters. The van der Waals surface area contributed by atoms with Crippen LogP contribution in [0.4, 0.5) is 0 Å². The summed E-state index contributed by atoms with van der Waals surface area (Å²) in [7, 11) is 0. The third-order valence-corrected chi connectivity index (χ3v) is 5.49. The molecule has 1 fully saturated rings. The van der Waals surface area contributed by atoms with Crippen LogP contribution in [0.15, 0.2) is 12.5 Å². The molecule has 1 saturated carbocycles. The van der Waals surface area contributed by atoms with E-state index in [4.69, 9.17) is 5.73 Å². The van der Waals surface area contributed by atoms with Gasteiger partial charge in [-0.1, -0.05) is 13.8 Å². The van der Waals surface area contributed by atoms with Crippen molar-refractivity contribution in [2.24, 2.45) is 23.0 Å². The fourth-order valence-corrected chi connectivity index (χ4v) is 4.07. The number of nitrogens with one attached hydrogen (secondary N) is 1. The zero-order valence-corrected chi connectivity index (χ0v) is 13.7. The summed E-state index contributed by atoms with van der Waals surface area (Å²) in [6.07, 6.45) is 8.75. The highest BCUT2D eigenvalue weighted by atomic mass is 16.1. The monoisotopic (exact) mass is 304 g/mol. The van der Waals surface area contributed by atoms with Gasteiger partial charge >= 0.3 is 0 Å². The lowest BCUT2D eigenvalue weighted by Crippen LogP contribution is -2.50. The Morgan fingerprint density at radius 3 is 3.09 bits per heavy atom. The van der Waals surface area contributed by atoms with Crippen LogP contribution in [0.25, 0.3) is 0 Å². The van der Waals surface area contributed by atoms with Crippen molar-refractivity contribution in [2.45, 2.75) is 58.5 Å². The molecular weight excluding hydrogens is 276 g/mol. The van der Waals surface area contributed by atoms with Gasteiger partial charge in [-0.2, -0.15) is 0 Å². The molecule has 3 rings (SSSR count). The lowest BCUT2D eigenvalue weighted by molar-refractivity contribution is -0.127. The highest BCUT2D eigenvalue weighted by Gasteiger charge is 2.36. The summed E-state index contributed by atoms with van der Waals surface area (Å²) in [6, 6.07) is 0.248. The largest absolute Gasteiger partial charge is 0.353 e. The average Bonchev–Trinajstić information content (AvgIpc) is 2.96. The number of nitrogens with two attached hydrogens (primary N) is 1. The van der Waals surface area contributed by atoms with Crippen LogP contribution < -0.4 is 11.1 Å². The average molecular weight is 304 g/mol. The van der Waals surface area contributed by atoms with Gasteiger partial charge in [-0.15, -0.1) is 0 Å². The Morgan fingerprint density at radius 2 is 2.32 bits per heavy atom. The van der Waals surface area contributed by atoms with E-state index in [1.807, 2.05) is 12.5 Å². The van der Waals surface area contributed by atoms with E-state index in [1.165, 1.54) is 5.69 Å². The summed E-state index contributed by atoms with van der Waals surface area (Å²) in [5.41, 5.74) is 7.48. The van der Waals surface area contributed by atoms with Crippen molar-refractivity contribution in [2.75, 3.05) is 6.54 Å². The van der Waals surface area contributed by atoms with Gasteiger partial charge in [0, 0.05) is 36.8 Å². The van der Waals surface area contributed by atoms with Crippen molar-refractivity contribution in [1.82, 2.24) is 14.9 Å². The minimum absolute atomic E-state index is 0.0811. The molecule has 0 radical (unpaired) electrons. The Balaban J connectivity index is 1.60. The molecular formula is C17H28N4O. The Kier molecular flexibility index (Phi) is 4.26. The first-order valence-electron chi connectivity index (χ1n) is 8.48. The van der Waals surface area contributed by atoms with Crippen LogP contribution in [-0.4, -0.2) is 28.0 Å². The molecule has 5 heteroatoms. The van der Waals surface area contributed by atoms with Crippen molar-refractivity contribution in [3.8, 4) is 0 Å². The minimum Gasteiger partial charge on any atom is -0.353 e. The van der Waals surface area contributed by atoms with E-state index in [-0.39, 0.29) is 17.9 Å². The maximum absolute atomic E-state index is 12.6. The molecule has 2 aliphatic rings. The number of hydrogen-bond acceptors (Lipinski definition) is 3.